The number of rotatable bonds is 6. The van der Waals surface area contributed by atoms with Crippen molar-refractivity contribution < 1.29 is 13.2 Å². The molecule has 0 aliphatic rings. The maximum atomic E-state index is 11.4. The van der Waals surface area contributed by atoms with Crippen LogP contribution in [0.3, 0.4) is 0 Å². The van der Waals surface area contributed by atoms with Crippen molar-refractivity contribution in [1.29, 1.82) is 0 Å². The Morgan fingerprint density at radius 3 is 2.53 bits per heavy atom. The first kappa shape index (κ1) is 15.7. The predicted octanol–water partition coefficient (Wildman–Crippen LogP) is 2.80. The lowest BCUT2D eigenvalue weighted by molar-refractivity contribution is 0.343. The van der Waals surface area contributed by atoms with Crippen LogP contribution in [0.5, 0.6) is 5.75 Å². The molecule has 19 heavy (non-hydrogen) atoms. The van der Waals surface area contributed by atoms with Crippen LogP contribution in [0.25, 0.3) is 0 Å². The van der Waals surface area contributed by atoms with Gasteiger partial charge in [-0.25, -0.2) is 13.6 Å². The molecule has 1 aromatic rings. The molecule has 0 heterocycles. The molecule has 4 nitrogen and oxygen atoms in total. The summed E-state index contributed by atoms with van der Waals surface area (Å²) in [5.41, 5.74) is 1.82. The number of hydrogen-bond donors (Lipinski definition) is 1. The molecular weight excluding hydrogens is 262 g/mol. The molecule has 0 unspecified atom stereocenters. The molecule has 0 saturated heterocycles. The minimum atomic E-state index is -3.68. The van der Waals surface area contributed by atoms with Gasteiger partial charge >= 0.3 is 0 Å². The number of nitrogens with two attached hydrogens (primary N) is 1. The van der Waals surface area contributed by atoms with Crippen LogP contribution >= 0.6 is 0 Å². The van der Waals surface area contributed by atoms with Crippen molar-refractivity contribution in [3.63, 3.8) is 0 Å². The molecule has 0 atom stereocenters. The fourth-order valence-corrected chi connectivity index (χ4v) is 2.12. The molecule has 1 rings (SSSR count). The van der Waals surface area contributed by atoms with E-state index in [-0.39, 0.29) is 10.8 Å². The van der Waals surface area contributed by atoms with Gasteiger partial charge in [0.1, 0.15) is 12.4 Å². The van der Waals surface area contributed by atoms with E-state index in [2.05, 4.69) is 6.58 Å². The Bertz CT molecular complexity index is 562. The van der Waals surface area contributed by atoms with Gasteiger partial charge in [-0.05, 0) is 41.7 Å². The maximum Gasteiger partial charge on any atom is 0.238 e. The smallest absolute Gasteiger partial charge is 0.238 e. The van der Waals surface area contributed by atoms with Crippen molar-refractivity contribution in [1.82, 2.24) is 0 Å². The van der Waals surface area contributed by atoms with Gasteiger partial charge in [0.25, 0.3) is 0 Å². The summed E-state index contributed by atoms with van der Waals surface area (Å²) in [6.07, 6.45) is 0.853. The molecule has 0 aromatic heterocycles. The van der Waals surface area contributed by atoms with Crippen LogP contribution in [0, 0.1) is 0 Å². The Balaban J connectivity index is 3.09. The number of sulfonamides is 1. The monoisotopic (exact) mass is 283 g/mol. The third-order valence-electron chi connectivity index (χ3n) is 2.86. The molecule has 5 heteroatoms. The summed E-state index contributed by atoms with van der Waals surface area (Å²) in [7, 11) is -3.68. The topological polar surface area (TPSA) is 69.4 Å². The van der Waals surface area contributed by atoms with Gasteiger partial charge in [-0.3, -0.25) is 0 Å². The largest absolute Gasteiger partial charge is 0.489 e. The first-order chi connectivity index (χ1) is 8.75. The molecule has 0 bridgehead atoms. The molecule has 2 N–H and O–H groups in total. The van der Waals surface area contributed by atoms with E-state index >= 15 is 0 Å². The Hall–Kier alpha value is -1.33. The van der Waals surface area contributed by atoms with E-state index in [0.717, 1.165) is 17.6 Å². The van der Waals surface area contributed by atoms with Crippen molar-refractivity contribution >= 4 is 10.0 Å². The summed E-state index contributed by atoms with van der Waals surface area (Å²) >= 11 is 0. The van der Waals surface area contributed by atoms with Crippen LogP contribution in [0.1, 0.15) is 38.7 Å². The number of primary sulfonamides is 1. The summed E-state index contributed by atoms with van der Waals surface area (Å²) in [5.74, 6) is 0.823. The lowest BCUT2D eigenvalue weighted by atomic mass is 10.0. The lowest BCUT2D eigenvalue weighted by Crippen LogP contribution is -2.13. The average Bonchev–Trinajstić information content (AvgIpc) is 2.34. The van der Waals surface area contributed by atoms with Gasteiger partial charge < -0.3 is 4.74 Å². The highest BCUT2D eigenvalue weighted by atomic mass is 32.2. The molecule has 1 aromatic carbocycles. The lowest BCUT2D eigenvalue weighted by Gasteiger charge is -2.15. The van der Waals surface area contributed by atoms with Crippen LogP contribution < -0.4 is 9.88 Å². The zero-order chi connectivity index (χ0) is 14.6. The van der Waals surface area contributed by atoms with Crippen LogP contribution in [0.2, 0.25) is 0 Å². The van der Waals surface area contributed by atoms with Crippen LogP contribution in [0.15, 0.2) is 35.2 Å². The maximum absolute atomic E-state index is 11.4. The van der Waals surface area contributed by atoms with Gasteiger partial charge in [0.2, 0.25) is 10.0 Å². The van der Waals surface area contributed by atoms with Gasteiger partial charge in [0, 0.05) is 0 Å². The summed E-state index contributed by atoms with van der Waals surface area (Å²) < 4.78 is 28.4. The first-order valence-corrected chi connectivity index (χ1v) is 7.76. The van der Waals surface area contributed by atoms with Crippen molar-refractivity contribution in [2.24, 2.45) is 5.14 Å². The van der Waals surface area contributed by atoms with E-state index < -0.39 is 10.0 Å². The highest BCUT2D eigenvalue weighted by Gasteiger charge is 2.14. The van der Waals surface area contributed by atoms with E-state index in [1.54, 1.807) is 12.1 Å². The summed E-state index contributed by atoms with van der Waals surface area (Å²) in [6.45, 7) is 10.3. The molecule has 0 amide bonds. The predicted molar refractivity (Wildman–Crippen MR) is 76.8 cm³/mol. The Labute approximate surface area is 115 Å². The first-order valence-electron chi connectivity index (χ1n) is 6.22. The van der Waals surface area contributed by atoms with Gasteiger partial charge in [0.05, 0.1) is 4.90 Å². The van der Waals surface area contributed by atoms with E-state index in [0.29, 0.717) is 12.4 Å². The van der Waals surface area contributed by atoms with Crippen molar-refractivity contribution in [2.75, 3.05) is 6.61 Å². The van der Waals surface area contributed by atoms with Crippen molar-refractivity contribution in [2.45, 2.75) is 38.0 Å². The van der Waals surface area contributed by atoms with Crippen molar-refractivity contribution in [3.8, 4) is 5.75 Å². The van der Waals surface area contributed by atoms with Gasteiger partial charge in [-0.2, -0.15) is 0 Å². The van der Waals surface area contributed by atoms with Gasteiger partial charge in [-0.15, -0.1) is 0 Å². The fraction of sp³-hybridized carbons (Fsp3) is 0.429. The highest BCUT2D eigenvalue weighted by Crippen LogP contribution is 2.29. The molecule has 0 aliphatic heterocycles. The number of hydrogen-bond acceptors (Lipinski definition) is 3. The summed E-state index contributed by atoms with van der Waals surface area (Å²) in [4.78, 5) is 0.109. The normalized spacial score (nSPS) is 11.6. The van der Waals surface area contributed by atoms with E-state index in [1.807, 2.05) is 20.8 Å². The summed E-state index contributed by atoms with van der Waals surface area (Å²) in [5, 5.41) is 5.14. The Morgan fingerprint density at radius 1 is 1.42 bits per heavy atom. The molecule has 0 fully saturated rings. The highest BCUT2D eigenvalue weighted by molar-refractivity contribution is 7.89. The Kier molecular flexibility index (Phi) is 5.14. The van der Waals surface area contributed by atoms with E-state index in [4.69, 9.17) is 9.88 Å². The third kappa shape index (κ3) is 4.36. The van der Waals surface area contributed by atoms with E-state index in [1.165, 1.54) is 6.07 Å². The quantitative estimate of drug-likeness (QED) is 0.816. The second-order valence-corrected chi connectivity index (χ2v) is 6.35. The number of benzene rings is 1. The van der Waals surface area contributed by atoms with Crippen LogP contribution in [0.4, 0.5) is 0 Å². The van der Waals surface area contributed by atoms with Crippen molar-refractivity contribution in [3.05, 3.63) is 35.9 Å². The summed E-state index contributed by atoms with van der Waals surface area (Å²) in [6, 6.07) is 4.69. The molecular formula is C14H21NO3S. The third-order valence-corrected chi connectivity index (χ3v) is 3.77. The standard InChI is InChI=1S/C14H21NO3S/c1-5-11(4)9-18-14-7-6-12(19(15,16)17)8-13(14)10(2)3/h6-8,10H,4-5,9H2,1-3H3,(H2,15,16,17). The van der Waals surface area contributed by atoms with Gasteiger partial charge in [0.15, 0.2) is 0 Å². The zero-order valence-electron chi connectivity index (χ0n) is 11.6. The fourth-order valence-electron chi connectivity index (χ4n) is 1.57. The van der Waals surface area contributed by atoms with Gasteiger partial charge in [-0.1, -0.05) is 27.4 Å². The van der Waals surface area contributed by atoms with Crippen LogP contribution in [-0.4, -0.2) is 15.0 Å². The second-order valence-electron chi connectivity index (χ2n) is 4.79. The minimum Gasteiger partial charge on any atom is -0.489 e. The minimum absolute atomic E-state index is 0.109. The Morgan fingerprint density at radius 2 is 2.05 bits per heavy atom. The molecule has 0 saturated carbocycles. The molecule has 0 spiro atoms. The zero-order valence-corrected chi connectivity index (χ0v) is 12.5. The second kappa shape index (κ2) is 6.21. The molecule has 106 valence electrons. The molecule has 0 radical (unpaired) electrons. The van der Waals surface area contributed by atoms with E-state index in [9.17, 15) is 8.42 Å². The van der Waals surface area contributed by atoms with Crippen LogP contribution in [-0.2, 0) is 10.0 Å². The average molecular weight is 283 g/mol. The SMILES string of the molecule is C=C(CC)COc1ccc(S(N)(=O)=O)cc1C(C)C. The number of ether oxygens (including phenoxy) is 1. The molecule has 0 aliphatic carbocycles.